The van der Waals surface area contributed by atoms with E-state index in [1.165, 1.54) is 31.5 Å². The summed E-state index contributed by atoms with van der Waals surface area (Å²) in [4.78, 5) is 4.58. The monoisotopic (exact) mass is 291 g/mol. The molecule has 0 amide bonds. The van der Waals surface area contributed by atoms with E-state index in [-0.39, 0.29) is 0 Å². The Kier molecular flexibility index (Phi) is 5.48. The Morgan fingerprint density at radius 3 is 2.71 bits per heavy atom. The maximum absolute atomic E-state index is 6.08. The highest BCUT2D eigenvalue weighted by molar-refractivity contribution is 5.00. The van der Waals surface area contributed by atoms with Gasteiger partial charge in [0.15, 0.2) is 0 Å². The van der Waals surface area contributed by atoms with E-state index in [4.69, 9.17) is 5.73 Å². The van der Waals surface area contributed by atoms with E-state index in [2.05, 4.69) is 43.4 Å². The number of rotatable bonds is 6. The third-order valence-electron chi connectivity index (χ3n) is 5.86. The highest BCUT2D eigenvalue weighted by Gasteiger charge is 2.37. The average molecular weight is 291 g/mol. The number of nitrogens with zero attached hydrogens (tertiary/aromatic N) is 2. The fraction of sp³-hybridized carbons (Fsp3) is 0.833. The number of aromatic nitrogens is 2. The Bertz CT molecular complexity index is 435. The Labute approximate surface area is 130 Å². The smallest absolute Gasteiger partial charge is 0.108 e. The third-order valence-corrected chi connectivity index (χ3v) is 5.86. The van der Waals surface area contributed by atoms with Crippen molar-refractivity contribution >= 4 is 0 Å². The second-order valence-electron chi connectivity index (χ2n) is 7.42. The predicted octanol–water partition coefficient (Wildman–Crippen LogP) is 4.19. The predicted molar refractivity (Wildman–Crippen MR) is 89.2 cm³/mol. The maximum atomic E-state index is 6.08. The highest BCUT2D eigenvalue weighted by atomic mass is 15.1. The number of hydrogen-bond donors (Lipinski definition) is 1. The Balaban J connectivity index is 2.22. The first-order chi connectivity index (χ1) is 10.0. The first-order valence-electron chi connectivity index (χ1n) is 8.75. The molecule has 2 N–H and O–H groups in total. The molecule has 1 saturated carbocycles. The van der Waals surface area contributed by atoms with Gasteiger partial charge in [-0.25, -0.2) is 4.98 Å². The minimum absolute atomic E-state index is 0.434. The van der Waals surface area contributed by atoms with Crippen LogP contribution in [0.2, 0.25) is 0 Å². The largest absolute Gasteiger partial charge is 0.332 e. The topological polar surface area (TPSA) is 43.8 Å². The molecule has 0 spiro atoms. The molecule has 0 radical (unpaired) electrons. The molecular weight excluding hydrogens is 258 g/mol. The lowest BCUT2D eigenvalue weighted by molar-refractivity contribution is 0.0889. The van der Waals surface area contributed by atoms with Crippen molar-refractivity contribution < 1.29 is 0 Å². The van der Waals surface area contributed by atoms with Crippen LogP contribution in [-0.2, 0) is 6.42 Å². The van der Waals surface area contributed by atoms with Crippen LogP contribution in [-0.4, -0.2) is 16.1 Å². The summed E-state index contributed by atoms with van der Waals surface area (Å²) >= 11 is 0. The third kappa shape index (κ3) is 3.50. The van der Waals surface area contributed by atoms with Crippen molar-refractivity contribution in [3.8, 4) is 0 Å². The van der Waals surface area contributed by atoms with Crippen LogP contribution in [0.15, 0.2) is 12.4 Å². The first kappa shape index (κ1) is 16.5. The van der Waals surface area contributed by atoms with E-state index in [9.17, 15) is 0 Å². The Morgan fingerprint density at radius 1 is 1.33 bits per heavy atom. The molecule has 120 valence electrons. The fourth-order valence-electron chi connectivity index (χ4n) is 3.89. The molecule has 21 heavy (non-hydrogen) atoms. The highest BCUT2D eigenvalue weighted by Crippen LogP contribution is 2.46. The van der Waals surface area contributed by atoms with Crippen LogP contribution in [0.1, 0.15) is 71.7 Å². The van der Waals surface area contributed by atoms with Crippen LogP contribution in [0.4, 0.5) is 0 Å². The van der Waals surface area contributed by atoms with Gasteiger partial charge in [0.2, 0.25) is 0 Å². The Morgan fingerprint density at radius 2 is 2.10 bits per heavy atom. The van der Waals surface area contributed by atoms with E-state index in [0.717, 1.165) is 25.3 Å². The molecule has 2 rings (SSSR count). The molecule has 0 aliphatic heterocycles. The van der Waals surface area contributed by atoms with E-state index >= 15 is 0 Å². The van der Waals surface area contributed by atoms with Gasteiger partial charge in [0.25, 0.3) is 0 Å². The second-order valence-corrected chi connectivity index (χ2v) is 7.42. The van der Waals surface area contributed by atoms with Gasteiger partial charge in [-0.2, -0.15) is 0 Å². The summed E-state index contributed by atoms with van der Waals surface area (Å²) in [6, 6.07) is 0.545. The number of nitrogens with two attached hydrogens (primary N) is 1. The van der Waals surface area contributed by atoms with E-state index in [1.807, 2.05) is 6.20 Å². The van der Waals surface area contributed by atoms with Crippen molar-refractivity contribution in [3.63, 3.8) is 0 Å². The molecule has 0 saturated heterocycles. The minimum atomic E-state index is 0.434. The summed E-state index contributed by atoms with van der Waals surface area (Å²) in [5.74, 6) is 2.65. The zero-order valence-corrected chi connectivity index (χ0v) is 14.3. The second kappa shape index (κ2) is 6.95. The van der Waals surface area contributed by atoms with Gasteiger partial charge in [0, 0.05) is 24.9 Å². The van der Waals surface area contributed by atoms with Gasteiger partial charge in [0.05, 0.1) is 0 Å². The van der Waals surface area contributed by atoms with Crippen molar-refractivity contribution in [1.82, 2.24) is 9.55 Å². The van der Waals surface area contributed by atoms with Gasteiger partial charge in [-0.3, -0.25) is 0 Å². The molecule has 1 aliphatic rings. The van der Waals surface area contributed by atoms with E-state index < -0.39 is 0 Å². The summed E-state index contributed by atoms with van der Waals surface area (Å²) in [6.45, 7) is 10.2. The molecule has 1 heterocycles. The van der Waals surface area contributed by atoms with Gasteiger partial charge in [-0.05, 0) is 49.5 Å². The van der Waals surface area contributed by atoms with Crippen LogP contribution in [0, 0.1) is 17.3 Å². The fourth-order valence-corrected chi connectivity index (χ4v) is 3.89. The zero-order valence-electron chi connectivity index (χ0n) is 14.3. The van der Waals surface area contributed by atoms with Gasteiger partial charge >= 0.3 is 0 Å². The molecule has 0 aromatic carbocycles. The van der Waals surface area contributed by atoms with Crippen LogP contribution in [0.5, 0.6) is 0 Å². The molecule has 1 aliphatic carbocycles. The lowest BCUT2D eigenvalue weighted by atomic mass is 9.66. The quantitative estimate of drug-likeness (QED) is 0.854. The first-order valence-corrected chi connectivity index (χ1v) is 8.75. The van der Waals surface area contributed by atoms with Crippen LogP contribution in [0.25, 0.3) is 0 Å². The van der Waals surface area contributed by atoms with Crippen molar-refractivity contribution in [3.05, 3.63) is 18.2 Å². The standard InChI is InChI=1S/C18H33N3/c1-5-7-17-20-10-11-21(17)16-12-15(18(3,4)6-2)9-8-14(16)13-19/h10-11,14-16H,5-9,12-13,19H2,1-4H3. The Hall–Kier alpha value is -0.830. The molecule has 3 unspecified atom stereocenters. The van der Waals surface area contributed by atoms with Crippen molar-refractivity contribution in [1.29, 1.82) is 0 Å². The van der Waals surface area contributed by atoms with Crippen molar-refractivity contribution in [2.75, 3.05) is 6.54 Å². The summed E-state index contributed by atoms with van der Waals surface area (Å²) in [5.41, 5.74) is 6.51. The molecule has 1 aromatic rings. The molecule has 1 aromatic heterocycles. The van der Waals surface area contributed by atoms with Gasteiger partial charge in [-0.1, -0.05) is 34.1 Å². The lowest BCUT2D eigenvalue weighted by Crippen LogP contribution is -2.37. The molecular formula is C18H33N3. The summed E-state index contributed by atoms with van der Waals surface area (Å²) < 4.78 is 2.44. The van der Waals surface area contributed by atoms with Gasteiger partial charge in [0.1, 0.15) is 5.82 Å². The lowest BCUT2D eigenvalue weighted by Gasteiger charge is -2.43. The molecule has 3 heteroatoms. The molecule has 3 nitrogen and oxygen atoms in total. The summed E-state index contributed by atoms with van der Waals surface area (Å²) in [7, 11) is 0. The van der Waals surface area contributed by atoms with Crippen LogP contribution >= 0.6 is 0 Å². The SMILES string of the molecule is CCCc1nccn1C1CC(C(C)(C)CC)CCC1CN. The number of imidazole rings is 1. The number of hydrogen-bond acceptors (Lipinski definition) is 2. The minimum Gasteiger partial charge on any atom is -0.332 e. The summed E-state index contributed by atoms with van der Waals surface area (Å²) in [6.07, 6.45) is 11.5. The molecule has 1 fully saturated rings. The van der Waals surface area contributed by atoms with Crippen LogP contribution < -0.4 is 5.73 Å². The average Bonchev–Trinajstić information content (AvgIpc) is 2.95. The van der Waals surface area contributed by atoms with E-state index in [1.54, 1.807) is 0 Å². The molecule has 0 bridgehead atoms. The van der Waals surface area contributed by atoms with Crippen molar-refractivity contribution in [2.24, 2.45) is 23.0 Å². The van der Waals surface area contributed by atoms with Gasteiger partial charge in [-0.15, -0.1) is 0 Å². The number of aryl methyl sites for hydroxylation is 1. The summed E-state index contributed by atoms with van der Waals surface area (Å²) in [5, 5.41) is 0. The van der Waals surface area contributed by atoms with Gasteiger partial charge < -0.3 is 10.3 Å². The normalized spacial score (nSPS) is 27.0. The van der Waals surface area contributed by atoms with E-state index in [0.29, 0.717) is 17.4 Å². The van der Waals surface area contributed by atoms with Crippen LogP contribution in [0.3, 0.4) is 0 Å². The maximum Gasteiger partial charge on any atom is 0.108 e. The molecule has 3 atom stereocenters. The zero-order chi connectivity index (χ0) is 15.5. The van der Waals surface area contributed by atoms with Crippen molar-refractivity contribution in [2.45, 2.75) is 72.3 Å².